The molecule has 3 atom stereocenters. The predicted octanol–water partition coefficient (Wildman–Crippen LogP) is 2.85. The van der Waals surface area contributed by atoms with Crippen LogP contribution in [0.25, 0.3) is 10.8 Å². The van der Waals surface area contributed by atoms with Crippen molar-refractivity contribution in [2.45, 2.75) is 43.8 Å². The van der Waals surface area contributed by atoms with Gasteiger partial charge in [-0.2, -0.15) is 5.26 Å². The van der Waals surface area contributed by atoms with Crippen LogP contribution in [-0.4, -0.2) is 42.1 Å². The van der Waals surface area contributed by atoms with Gasteiger partial charge in [-0.25, -0.2) is 0 Å². The van der Waals surface area contributed by atoms with Crippen molar-refractivity contribution in [1.29, 1.82) is 5.26 Å². The Labute approximate surface area is 153 Å². The van der Waals surface area contributed by atoms with Gasteiger partial charge in [-0.05, 0) is 48.6 Å². The molecular formula is C21H23N3O2. The molecule has 0 aliphatic carbocycles. The first kappa shape index (κ1) is 16.9. The zero-order valence-corrected chi connectivity index (χ0v) is 14.7. The fourth-order valence-electron chi connectivity index (χ4n) is 3.96. The molecule has 26 heavy (non-hydrogen) atoms. The van der Waals surface area contributed by atoms with Gasteiger partial charge in [0.15, 0.2) is 0 Å². The molecule has 2 saturated heterocycles. The van der Waals surface area contributed by atoms with Crippen LogP contribution < -0.4 is 10.1 Å². The topological polar surface area (TPSA) is 65.4 Å². The molecule has 5 heteroatoms. The van der Waals surface area contributed by atoms with Crippen molar-refractivity contribution >= 4 is 16.7 Å². The number of carbonyl (C=O) groups is 1. The Morgan fingerprint density at radius 2 is 2.04 bits per heavy atom. The third-order valence-corrected chi connectivity index (χ3v) is 5.40. The Hall–Kier alpha value is -2.58. The molecule has 3 unspecified atom stereocenters. The number of hydrogen-bond donors (Lipinski definition) is 1. The van der Waals surface area contributed by atoms with E-state index in [0.717, 1.165) is 36.8 Å². The number of benzene rings is 2. The zero-order chi connectivity index (χ0) is 17.9. The highest BCUT2D eigenvalue weighted by atomic mass is 16.5. The second kappa shape index (κ2) is 7.35. The lowest BCUT2D eigenvalue weighted by atomic mass is 10.1. The second-order valence-corrected chi connectivity index (χ2v) is 7.13. The van der Waals surface area contributed by atoms with Crippen molar-refractivity contribution in [2.24, 2.45) is 0 Å². The number of fused-ring (bicyclic) bond motifs is 1. The minimum Gasteiger partial charge on any atom is -0.492 e. The van der Waals surface area contributed by atoms with E-state index in [9.17, 15) is 10.1 Å². The molecule has 4 rings (SSSR count). The Morgan fingerprint density at radius 1 is 1.19 bits per heavy atom. The molecule has 2 aliphatic rings. The number of ether oxygens (including phenoxy) is 1. The highest BCUT2D eigenvalue weighted by Crippen LogP contribution is 2.24. The molecule has 0 aromatic heterocycles. The minimum absolute atomic E-state index is 0.0715. The summed E-state index contributed by atoms with van der Waals surface area (Å²) in [5.74, 6) is 0.923. The van der Waals surface area contributed by atoms with E-state index in [2.05, 4.69) is 35.7 Å². The van der Waals surface area contributed by atoms with E-state index in [1.165, 1.54) is 5.39 Å². The lowest BCUT2D eigenvalue weighted by molar-refractivity contribution is -0.133. The van der Waals surface area contributed by atoms with Gasteiger partial charge >= 0.3 is 0 Å². The molecule has 134 valence electrons. The van der Waals surface area contributed by atoms with Crippen LogP contribution in [0, 0.1) is 11.3 Å². The van der Waals surface area contributed by atoms with E-state index in [0.29, 0.717) is 13.2 Å². The summed E-state index contributed by atoms with van der Waals surface area (Å²) in [6.07, 6.45) is 3.43. The third kappa shape index (κ3) is 3.38. The molecule has 0 radical (unpaired) electrons. The van der Waals surface area contributed by atoms with Crippen molar-refractivity contribution in [1.82, 2.24) is 10.2 Å². The smallest absolute Gasteiger partial charge is 0.240 e. The quantitative estimate of drug-likeness (QED) is 0.922. The van der Waals surface area contributed by atoms with E-state index in [1.54, 1.807) is 4.90 Å². The Morgan fingerprint density at radius 3 is 2.88 bits per heavy atom. The summed E-state index contributed by atoms with van der Waals surface area (Å²) in [5, 5.41) is 14.9. The van der Waals surface area contributed by atoms with E-state index in [4.69, 9.17) is 4.74 Å². The van der Waals surface area contributed by atoms with Crippen LogP contribution in [0.3, 0.4) is 0 Å². The Bertz CT molecular complexity index is 845. The summed E-state index contributed by atoms with van der Waals surface area (Å²) in [4.78, 5) is 14.4. The van der Waals surface area contributed by atoms with E-state index >= 15 is 0 Å². The van der Waals surface area contributed by atoms with Gasteiger partial charge in [0.1, 0.15) is 18.4 Å². The molecular weight excluding hydrogens is 326 g/mol. The first-order valence-electron chi connectivity index (χ1n) is 9.32. The van der Waals surface area contributed by atoms with Crippen molar-refractivity contribution in [3.05, 3.63) is 42.5 Å². The highest BCUT2D eigenvalue weighted by Gasteiger charge is 2.36. The minimum atomic E-state index is -0.253. The van der Waals surface area contributed by atoms with Gasteiger partial charge in [-0.1, -0.05) is 30.3 Å². The van der Waals surface area contributed by atoms with Crippen LogP contribution in [0.5, 0.6) is 5.75 Å². The Balaban J connectivity index is 1.32. The number of hydrogen-bond acceptors (Lipinski definition) is 4. The SMILES string of the molecule is N#CC1CCCN1C(=O)C1CCC(COc2ccc3ccccc3c2)N1. The number of rotatable bonds is 4. The standard InChI is InChI=1S/C21H23N3O2/c22-13-18-6-3-11-24(18)21(25)20-10-8-17(23-20)14-26-19-9-7-15-4-1-2-5-16(15)12-19/h1-2,4-5,7,9,12,17-18,20,23H,3,6,8,10-11,14H2. The maximum atomic E-state index is 12.7. The van der Waals surface area contributed by atoms with Crippen molar-refractivity contribution in [3.63, 3.8) is 0 Å². The summed E-state index contributed by atoms with van der Waals surface area (Å²) in [7, 11) is 0. The summed E-state index contributed by atoms with van der Waals surface area (Å²) in [6, 6.07) is 16.3. The molecule has 0 bridgehead atoms. The van der Waals surface area contributed by atoms with Gasteiger partial charge in [-0.15, -0.1) is 0 Å². The van der Waals surface area contributed by atoms with E-state index in [1.807, 2.05) is 18.2 Å². The average Bonchev–Trinajstić information content (AvgIpc) is 3.35. The normalized spacial score (nSPS) is 25.3. The Kier molecular flexibility index (Phi) is 4.77. The molecule has 2 aliphatic heterocycles. The van der Waals surface area contributed by atoms with Crippen LogP contribution in [0.2, 0.25) is 0 Å². The van der Waals surface area contributed by atoms with E-state index < -0.39 is 0 Å². The van der Waals surface area contributed by atoms with Gasteiger partial charge in [0.2, 0.25) is 5.91 Å². The molecule has 0 spiro atoms. The van der Waals surface area contributed by atoms with Crippen molar-refractivity contribution < 1.29 is 9.53 Å². The van der Waals surface area contributed by atoms with Crippen molar-refractivity contribution in [3.8, 4) is 11.8 Å². The summed E-state index contributed by atoms with van der Waals surface area (Å²) < 4.78 is 5.95. The molecule has 2 aromatic rings. The largest absolute Gasteiger partial charge is 0.492 e. The van der Waals surface area contributed by atoms with E-state index in [-0.39, 0.29) is 24.0 Å². The number of amides is 1. The zero-order valence-electron chi connectivity index (χ0n) is 14.7. The average molecular weight is 349 g/mol. The molecule has 1 amide bonds. The van der Waals surface area contributed by atoms with Crippen LogP contribution in [0.4, 0.5) is 0 Å². The fourth-order valence-corrected chi connectivity index (χ4v) is 3.96. The number of nitrogens with zero attached hydrogens (tertiary/aromatic N) is 2. The lowest BCUT2D eigenvalue weighted by Gasteiger charge is -2.24. The number of carbonyl (C=O) groups excluding carboxylic acids is 1. The van der Waals surface area contributed by atoms with Crippen LogP contribution in [0.15, 0.2) is 42.5 Å². The molecule has 2 aromatic carbocycles. The lowest BCUT2D eigenvalue weighted by Crippen LogP contribution is -2.47. The monoisotopic (exact) mass is 349 g/mol. The fraction of sp³-hybridized carbons (Fsp3) is 0.429. The highest BCUT2D eigenvalue weighted by molar-refractivity contribution is 5.84. The summed E-state index contributed by atoms with van der Waals surface area (Å²) in [6.45, 7) is 1.25. The molecule has 5 nitrogen and oxygen atoms in total. The van der Waals surface area contributed by atoms with Gasteiger partial charge in [0.05, 0.1) is 12.1 Å². The first-order chi connectivity index (χ1) is 12.7. The number of nitrogens with one attached hydrogen (secondary N) is 1. The number of nitriles is 1. The summed E-state index contributed by atoms with van der Waals surface area (Å²) >= 11 is 0. The predicted molar refractivity (Wildman–Crippen MR) is 99.7 cm³/mol. The van der Waals surface area contributed by atoms with Gasteiger partial charge in [0.25, 0.3) is 0 Å². The van der Waals surface area contributed by atoms with Gasteiger partial charge < -0.3 is 9.64 Å². The maximum Gasteiger partial charge on any atom is 0.240 e. The van der Waals surface area contributed by atoms with Gasteiger partial charge in [0, 0.05) is 12.6 Å². The first-order valence-corrected chi connectivity index (χ1v) is 9.32. The maximum absolute atomic E-state index is 12.7. The number of likely N-dealkylation sites (tertiary alicyclic amines) is 1. The molecule has 2 heterocycles. The third-order valence-electron chi connectivity index (χ3n) is 5.40. The van der Waals surface area contributed by atoms with Crippen LogP contribution in [0.1, 0.15) is 25.7 Å². The molecule has 0 saturated carbocycles. The van der Waals surface area contributed by atoms with Crippen LogP contribution in [-0.2, 0) is 4.79 Å². The second-order valence-electron chi connectivity index (χ2n) is 7.13. The van der Waals surface area contributed by atoms with Crippen LogP contribution >= 0.6 is 0 Å². The van der Waals surface area contributed by atoms with Gasteiger partial charge in [-0.3, -0.25) is 10.1 Å². The summed E-state index contributed by atoms with van der Waals surface area (Å²) in [5.41, 5.74) is 0. The van der Waals surface area contributed by atoms with Crippen molar-refractivity contribution in [2.75, 3.05) is 13.2 Å². The molecule has 2 fully saturated rings. The molecule has 1 N–H and O–H groups in total.